The van der Waals surface area contributed by atoms with Crippen molar-refractivity contribution in [3.05, 3.63) is 0 Å². The fourth-order valence-corrected chi connectivity index (χ4v) is 3.30. The summed E-state index contributed by atoms with van der Waals surface area (Å²) in [7, 11) is 0. The Balaban J connectivity index is 2.00. The summed E-state index contributed by atoms with van der Waals surface area (Å²) in [6.07, 6.45) is 3.83. The monoisotopic (exact) mass is 268 g/mol. The van der Waals surface area contributed by atoms with Crippen LogP contribution in [0.3, 0.4) is 0 Å². The molecule has 1 amide bonds. The number of carbonyl (C=O) groups is 2. The van der Waals surface area contributed by atoms with Crippen molar-refractivity contribution in [3.63, 3.8) is 0 Å². The Morgan fingerprint density at radius 2 is 1.89 bits per heavy atom. The topological polar surface area (TPSA) is 78.4 Å². The summed E-state index contributed by atoms with van der Waals surface area (Å²) in [6, 6.07) is 0. The molecule has 1 spiro atoms. The first-order valence-corrected chi connectivity index (χ1v) is 7.26. The summed E-state index contributed by atoms with van der Waals surface area (Å²) in [5.74, 6) is -0.967. The fourth-order valence-electron chi connectivity index (χ4n) is 3.30. The standard InChI is InChI=1S/C14H24N2O3/c1-3-14(4-2,12(18)19)16-11(17)10-9-13(10)5-7-15-8-6-13/h10,15H,3-9H2,1-2H3,(H,16,17)(H,18,19). The largest absolute Gasteiger partial charge is 0.480 e. The highest BCUT2D eigenvalue weighted by molar-refractivity contribution is 5.89. The lowest BCUT2D eigenvalue weighted by Gasteiger charge is -2.29. The molecule has 2 rings (SSSR count). The van der Waals surface area contributed by atoms with E-state index in [1.807, 2.05) is 13.8 Å². The van der Waals surface area contributed by atoms with Gasteiger partial charge in [0.05, 0.1) is 0 Å². The molecular formula is C14H24N2O3. The quantitative estimate of drug-likeness (QED) is 0.698. The number of amides is 1. The maximum Gasteiger partial charge on any atom is 0.329 e. The Hall–Kier alpha value is -1.10. The van der Waals surface area contributed by atoms with E-state index in [1.54, 1.807) is 0 Å². The fraction of sp³-hybridized carbons (Fsp3) is 0.857. The second-order valence-electron chi connectivity index (χ2n) is 5.95. The molecule has 0 aromatic rings. The van der Waals surface area contributed by atoms with Crippen molar-refractivity contribution >= 4 is 11.9 Å². The molecule has 2 aliphatic rings. The number of carboxylic acid groups (broad SMARTS) is 1. The van der Waals surface area contributed by atoms with Gasteiger partial charge >= 0.3 is 5.97 Å². The van der Waals surface area contributed by atoms with Gasteiger partial charge in [0.25, 0.3) is 0 Å². The molecule has 1 saturated carbocycles. The van der Waals surface area contributed by atoms with Gasteiger partial charge in [0.15, 0.2) is 0 Å². The number of nitrogens with one attached hydrogen (secondary N) is 2. The molecule has 1 atom stereocenters. The van der Waals surface area contributed by atoms with Crippen molar-refractivity contribution < 1.29 is 14.7 Å². The normalized spacial score (nSPS) is 25.1. The molecule has 5 heteroatoms. The summed E-state index contributed by atoms with van der Waals surface area (Å²) in [5.41, 5.74) is -0.936. The van der Waals surface area contributed by atoms with E-state index in [0.717, 1.165) is 32.4 Å². The third-order valence-corrected chi connectivity index (χ3v) is 5.08. The molecule has 1 unspecified atom stereocenters. The van der Waals surface area contributed by atoms with Gasteiger partial charge in [-0.3, -0.25) is 4.79 Å². The number of piperidine rings is 1. The lowest BCUT2D eigenvalue weighted by molar-refractivity contribution is -0.148. The van der Waals surface area contributed by atoms with Crippen LogP contribution in [0.15, 0.2) is 0 Å². The van der Waals surface area contributed by atoms with Crippen LogP contribution in [-0.2, 0) is 9.59 Å². The second kappa shape index (κ2) is 5.12. The Kier molecular flexibility index (Phi) is 3.85. The molecule has 2 fully saturated rings. The summed E-state index contributed by atoms with van der Waals surface area (Å²) in [5, 5.41) is 15.5. The first kappa shape index (κ1) is 14.3. The van der Waals surface area contributed by atoms with E-state index in [0.29, 0.717) is 12.8 Å². The van der Waals surface area contributed by atoms with E-state index in [-0.39, 0.29) is 17.2 Å². The number of hydrogen-bond donors (Lipinski definition) is 3. The maximum absolute atomic E-state index is 12.3. The highest BCUT2D eigenvalue weighted by Gasteiger charge is 2.58. The van der Waals surface area contributed by atoms with Gasteiger partial charge in [0.1, 0.15) is 5.54 Å². The van der Waals surface area contributed by atoms with Gasteiger partial charge in [0.2, 0.25) is 5.91 Å². The third-order valence-electron chi connectivity index (χ3n) is 5.08. The van der Waals surface area contributed by atoms with Crippen LogP contribution in [0.2, 0.25) is 0 Å². The highest BCUT2D eigenvalue weighted by atomic mass is 16.4. The molecule has 3 N–H and O–H groups in total. The number of hydrogen-bond acceptors (Lipinski definition) is 3. The molecule has 1 aliphatic heterocycles. The van der Waals surface area contributed by atoms with Crippen molar-refractivity contribution in [2.24, 2.45) is 11.3 Å². The average molecular weight is 268 g/mol. The van der Waals surface area contributed by atoms with Crippen LogP contribution in [0.1, 0.15) is 46.0 Å². The molecule has 1 saturated heterocycles. The van der Waals surface area contributed by atoms with Crippen molar-refractivity contribution in [1.29, 1.82) is 0 Å². The Bertz CT molecular complexity index is 371. The van der Waals surface area contributed by atoms with Crippen LogP contribution < -0.4 is 10.6 Å². The smallest absolute Gasteiger partial charge is 0.329 e. The van der Waals surface area contributed by atoms with Crippen LogP contribution in [0.4, 0.5) is 0 Å². The van der Waals surface area contributed by atoms with Crippen LogP contribution in [-0.4, -0.2) is 35.6 Å². The predicted octanol–water partition coefficient (Wildman–Crippen LogP) is 1.14. The minimum atomic E-state index is -1.09. The van der Waals surface area contributed by atoms with Gasteiger partial charge in [-0.05, 0) is 50.6 Å². The Morgan fingerprint density at radius 1 is 1.32 bits per heavy atom. The number of carbonyl (C=O) groups excluding carboxylic acids is 1. The maximum atomic E-state index is 12.3. The molecule has 0 aromatic carbocycles. The molecule has 1 aliphatic carbocycles. The molecule has 0 radical (unpaired) electrons. The summed E-state index contributed by atoms with van der Waals surface area (Å²) < 4.78 is 0. The first-order chi connectivity index (χ1) is 8.99. The summed E-state index contributed by atoms with van der Waals surface area (Å²) >= 11 is 0. The van der Waals surface area contributed by atoms with Crippen LogP contribution >= 0.6 is 0 Å². The Labute approximate surface area is 114 Å². The van der Waals surface area contributed by atoms with Gasteiger partial charge in [-0.25, -0.2) is 4.79 Å². The van der Waals surface area contributed by atoms with E-state index >= 15 is 0 Å². The van der Waals surface area contributed by atoms with Crippen molar-refractivity contribution in [3.8, 4) is 0 Å². The van der Waals surface area contributed by atoms with Crippen molar-refractivity contribution in [2.45, 2.75) is 51.5 Å². The molecule has 19 heavy (non-hydrogen) atoms. The third kappa shape index (κ3) is 2.48. The molecule has 0 aromatic heterocycles. The minimum Gasteiger partial charge on any atom is -0.480 e. The van der Waals surface area contributed by atoms with Crippen molar-refractivity contribution in [1.82, 2.24) is 10.6 Å². The lowest BCUT2D eigenvalue weighted by atomic mass is 9.90. The SMILES string of the molecule is CCC(CC)(NC(=O)C1CC12CCNCC2)C(=O)O. The van der Waals surface area contributed by atoms with E-state index in [1.165, 1.54) is 0 Å². The van der Waals surface area contributed by atoms with Crippen molar-refractivity contribution in [2.75, 3.05) is 13.1 Å². The zero-order chi connectivity index (χ0) is 14.1. The van der Waals surface area contributed by atoms with Crippen LogP contribution in [0, 0.1) is 11.3 Å². The summed E-state index contributed by atoms with van der Waals surface area (Å²) in [6.45, 7) is 5.56. The average Bonchev–Trinajstić information content (AvgIpc) is 3.10. The number of carboxylic acids is 1. The molecule has 108 valence electrons. The van der Waals surface area contributed by atoms with Gasteiger partial charge in [-0.15, -0.1) is 0 Å². The molecule has 1 heterocycles. The van der Waals surface area contributed by atoms with Gasteiger partial charge in [-0.1, -0.05) is 13.8 Å². The molecule has 5 nitrogen and oxygen atoms in total. The van der Waals surface area contributed by atoms with Gasteiger partial charge in [0, 0.05) is 5.92 Å². The zero-order valence-electron chi connectivity index (χ0n) is 11.8. The van der Waals surface area contributed by atoms with E-state index in [9.17, 15) is 14.7 Å². The number of aliphatic carboxylic acids is 1. The van der Waals surface area contributed by atoms with Gasteiger partial charge in [-0.2, -0.15) is 0 Å². The second-order valence-corrected chi connectivity index (χ2v) is 5.95. The van der Waals surface area contributed by atoms with E-state index in [4.69, 9.17) is 0 Å². The molecular weight excluding hydrogens is 244 g/mol. The van der Waals surface area contributed by atoms with E-state index < -0.39 is 11.5 Å². The van der Waals surface area contributed by atoms with E-state index in [2.05, 4.69) is 10.6 Å². The van der Waals surface area contributed by atoms with Crippen LogP contribution in [0.25, 0.3) is 0 Å². The first-order valence-electron chi connectivity index (χ1n) is 7.26. The van der Waals surface area contributed by atoms with Crippen LogP contribution in [0.5, 0.6) is 0 Å². The molecule has 0 bridgehead atoms. The zero-order valence-corrected chi connectivity index (χ0v) is 11.8. The summed E-state index contributed by atoms with van der Waals surface area (Å²) in [4.78, 5) is 23.7. The highest BCUT2D eigenvalue weighted by Crippen LogP contribution is 2.58. The van der Waals surface area contributed by atoms with Gasteiger partial charge < -0.3 is 15.7 Å². The number of rotatable bonds is 5. The Morgan fingerprint density at radius 3 is 2.37 bits per heavy atom. The predicted molar refractivity (Wildman–Crippen MR) is 71.7 cm³/mol. The lowest BCUT2D eigenvalue weighted by Crippen LogP contribution is -2.54. The minimum absolute atomic E-state index is 0.0198.